The fourth-order valence-electron chi connectivity index (χ4n) is 3.66. The average Bonchev–Trinajstić information content (AvgIpc) is 3.57. The van der Waals surface area contributed by atoms with E-state index in [0.717, 1.165) is 17.0 Å². The molecule has 0 spiro atoms. The molecule has 0 saturated carbocycles. The van der Waals surface area contributed by atoms with Gasteiger partial charge in [0.05, 0.1) is 23.3 Å². The molecule has 3 heterocycles. The fraction of sp³-hybridized carbons (Fsp3) is 0.143. The fourth-order valence-corrected chi connectivity index (χ4v) is 3.66. The van der Waals surface area contributed by atoms with Crippen molar-refractivity contribution in [2.45, 2.75) is 26.2 Å². The van der Waals surface area contributed by atoms with E-state index in [4.69, 9.17) is 4.74 Å². The first-order chi connectivity index (χ1) is 18.2. The van der Waals surface area contributed by atoms with Gasteiger partial charge in [0, 0.05) is 41.2 Å². The van der Waals surface area contributed by atoms with Crippen LogP contribution in [0, 0.1) is 5.82 Å². The number of hydrogen-bond acceptors (Lipinski definition) is 5. The zero-order valence-electron chi connectivity index (χ0n) is 21.1. The van der Waals surface area contributed by atoms with Crippen molar-refractivity contribution in [2.24, 2.45) is 0 Å². The lowest BCUT2D eigenvalue weighted by molar-refractivity contribution is 0.262. The van der Waals surface area contributed by atoms with E-state index >= 15 is 0 Å². The van der Waals surface area contributed by atoms with Gasteiger partial charge >= 0.3 is 6.03 Å². The minimum Gasteiger partial charge on any atom is -0.457 e. The average molecular weight is 512 g/mol. The van der Waals surface area contributed by atoms with Gasteiger partial charge in [-0.1, -0.05) is 20.8 Å². The highest BCUT2D eigenvalue weighted by molar-refractivity contribution is 5.99. The molecule has 0 atom stereocenters. The first-order valence-corrected chi connectivity index (χ1v) is 11.9. The normalized spacial score (nSPS) is 11.3. The topological polar surface area (TPSA) is 110 Å². The van der Waals surface area contributed by atoms with Crippen molar-refractivity contribution < 1.29 is 13.9 Å². The highest BCUT2D eigenvalue weighted by atomic mass is 19.1. The minimum absolute atomic E-state index is 0.248. The zero-order valence-corrected chi connectivity index (χ0v) is 21.1. The number of H-pyrrole nitrogens is 1. The molecule has 0 fully saturated rings. The number of halogens is 1. The number of anilines is 2. The Labute approximate surface area is 218 Å². The van der Waals surface area contributed by atoms with Crippen molar-refractivity contribution in [3.8, 4) is 28.4 Å². The number of rotatable bonds is 6. The van der Waals surface area contributed by atoms with Crippen molar-refractivity contribution in [3.05, 3.63) is 96.8 Å². The van der Waals surface area contributed by atoms with Gasteiger partial charge in [0.15, 0.2) is 0 Å². The molecule has 192 valence electrons. The SMILES string of the molecule is CC(C)(C)c1cc(NC(=O)Nc2ccc(Oc3ccnc(-c4cn[nH]c4)c3)cc2)n(-c2ccc(F)cc2)n1. The predicted molar refractivity (Wildman–Crippen MR) is 143 cm³/mol. The Balaban J connectivity index is 1.27. The van der Waals surface area contributed by atoms with Crippen LogP contribution in [-0.4, -0.2) is 31.0 Å². The third-order valence-corrected chi connectivity index (χ3v) is 5.66. The Kier molecular flexibility index (Phi) is 6.61. The standard InChI is InChI=1S/C28H26FN7O2/c1-28(2,3)25-15-26(36(35-25)21-8-4-19(29)5-9-21)34-27(37)33-20-6-10-22(11-7-20)38-23-12-13-30-24(14-23)18-16-31-32-17-18/h4-17H,1-3H3,(H,31,32)(H2,33,34,37). The van der Waals surface area contributed by atoms with Crippen LogP contribution in [0.3, 0.4) is 0 Å². The molecular formula is C28H26FN7O2. The van der Waals surface area contributed by atoms with Crippen molar-refractivity contribution in [2.75, 3.05) is 10.6 Å². The molecule has 0 bridgehead atoms. The number of carbonyl (C=O) groups excluding carboxylic acids is 1. The number of carbonyl (C=O) groups is 1. The Morgan fingerprint density at radius 1 is 0.974 bits per heavy atom. The molecule has 0 aliphatic carbocycles. The molecule has 2 amide bonds. The lowest BCUT2D eigenvalue weighted by Crippen LogP contribution is -2.21. The van der Waals surface area contributed by atoms with Gasteiger partial charge < -0.3 is 10.1 Å². The summed E-state index contributed by atoms with van der Waals surface area (Å²) >= 11 is 0. The van der Waals surface area contributed by atoms with Crippen LogP contribution in [0.15, 0.2) is 85.3 Å². The van der Waals surface area contributed by atoms with Crippen LogP contribution in [0.4, 0.5) is 20.7 Å². The third-order valence-electron chi connectivity index (χ3n) is 5.66. The maximum absolute atomic E-state index is 13.5. The summed E-state index contributed by atoms with van der Waals surface area (Å²) in [6.45, 7) is 6.09. The van der Waals surface area contributed by atoms with Crippen LogP contribution in [0.25, 0.3) is 16.9 Å². The van der Waals surface area contributed by atoms with Gasteiger partial charge in [0.2, 0.25) is 0 Å². The quantitative estimate of drug-likeness (QED) is 0.240. The maximum Gasteiger partial charge on any atom is 0.324 e. The second kappa shape index (κ2) is 10.2. The number of ether oxygens (including phenoxy) is 1. The highest BCUT2D eigenvalue weighted by Crippen LogP contribution is 2.28. The molecule has 0 aliphatic rings. The van der Waals surface area contributed by atoms with Crippen LogP contribution in [0.1, 0.15) is 26.5 Å². The van der Waals surface area contributed by atoms with Crippen LogP contribution < -0.4 is 15.4 Å². The van der Waals surface area contributed by atoms with Gasteiger partial charge in [-0.2, -0.15) is 10.2 Å². The van der Waals surface area contributed by atoms with E-state index in [1.807, 2.05) is 32.9 Å². The Hall–Kier alpha value is -4.99. The van der Waals surface area contributed by atoms with E-state index in [9.17, 15) is 9.18 Å². The monoisotopic (exact) mass is 511 g/mol. The largest absolute Gasteiger partial charge is 0.457 e. The molecule has 0 radical (unpaired) electrons. The van der Waals surface area contributed by atoms with Crippen LogP contribution in [0.5, 0.6) is 11.5 Å². The Bertz CT molecular complexity index is 1540. The molecule has 38 heavy (non-hydrogen) atoms. The second-order valence-electron chi connectivity index (χ2n) is 9.62. The number of nitrogens with zero attached hydrogens (tertiary/aromatic N) is 4. The molecule has 5 rings (SSSR count). The molecule has 0 saturated heterocycles. The van der Waals surface area contributed by atoms with Crippen molar-refractivity contribution >= 4 is 17.5 Å². The molecule has 2 aromatic carbocycles. The summed E-state index contributed by atoms with van der Waals surface area (Å²) in [6.07, 6.45) is 5.11. The molecule has 0 aliphatic heterocycles. The number of amides is 2. The van der Waals surface area contributed by atoms with E-state index in [-0.39, 0.29) is 11.2 Å². The minimum atomic E-state index is -0.443. The predicted octanol–water partition coefficient (Wildman–Crippen LogP) is 6.53. The number of benzene rings is 2. The number of urea groups is 1. The zero-order chi connectivity index (χ0) is 26.7. The molecule has 9 nitrogen and oxygen atoms in total. The Morgan fingerprint density at radius 3 is 2.42 bits per heavy atom. The lowest BCUT2D eigenvalue weighted by Gasteiger charge is -2.14. The summed E-state index contributed by atoms with van der Waals surface area (Å²) in [5.74, 6) is 1.34. The van der Waals surface area contributed by atoms with Crippen LogP contribution in [-0.2, 0) is 5.41 Å². The van der Waals surface area contributed by atoms with Crippen molar-refractivity contribution in [1.29, 1.82) is 0 Å². The summed E-state index contributed by atoms with van der Waals surface area (Å²) in [4.78, 5) is 17.2. The summed E-state index contributed by atoms with van der Waals surface area (Å²) in [5, 5.41) is 17.0. The number of aromatic amines is 1. The van der Waals surface area contributed by atoms with Gasteiger partial charge in [-0.25, -0.2) is 13.9 Å². The molecule has 3 aromatic heterocycles. The lowest BCUT2D eigenvalue weighted by atomic mass is 9.92. The smallest absolute Gasteiger partial charge is 0.324 e. The van der Waals surface area contributed by atoms with Crippen LogP contribution >= 0.6 is 0 Å². The van der Waals surface area contributed by atoms with E-state index < -0.39 is 6.03 Å². The first-order valence-electron chi connectivity index (χ1n) is 11.9. The maximum atomic E-state index is 13.5. The summed E-state index contributed by atoms with van der Waals surface area (Å²) in [5.41, 5.74) is 3.34. The first kappa shape index (κ1) is 24.7. The number of pyridine rings is 1. The molecule has 3 N–H and O–H groups in total. The van der Waals surface area contributed by atoms with Gasteiger partial charge in [-0.05, 0) is 54.6 Å². The molecule has 5 aromatic rings. The molecule has 10 heteroatoms. The van der Waals surface area contributed by atoms with Crippen LogP contribution in [0.2, 0.25) is 0 Å². The van der Waals surface area contributed by atoms with Gasteiger partial charge in [0.1, 0.15) is 23.1 Å². The van der Waals surface area contributed by atoms with E-state index in [2.05, 4.69) is 30.9 Å². The summed E-state index contributed by atoms with van der Waals surface area (Å²) in [7, 11) is 0. The van der Waals surface area contributed by atoms with Gasteiger partial charge in [-0.15, -0.1) is 0 Å². The number of aromatic nitrogens is 5. The number of nitrogens with one attached hydrogen (secondary N) is 3. The van der Waals surface area contributed by atoms with Gasteiger partial charge in [0.25, 0.3) is 0 Å². The van der Waals surface area contributed by atoms with E-state index in [0.29, 0.717) is 28.7 Å². The van der Waals surface area contributed by atoms with E-state index in [1.54, 1.807) is 65.7 Å². The van der Waals surface area contributed by atoms with E-state index in [1.165, 1.54) is 12.1 Å². The van der Waals surface area contributed by atoms with Crippen molar-refractivity contribution in [1.82, 2.24) is 25.0 Å². The second-order valence-corrected chi connectivity index (χ2v) is 9.62. The third kappa shape index (κ3) is 5.70. The summed E-state index contributed by atoms with van der Waals surface area (Å²) in [6, 6.07) is 17.9. The molecular weight excluding hydrogens is 485 g/mol. The van der Waals surface area contributed by atoms with Gasteiger partial charge in [-0.3, -0.25) is 15.4 Å². The highest BCUT2D eigenvalue weighted by Gasteiger charge is 2.21. The number of hydrogen-bond donors (Lipinski definition) is 3. The summed E-state index contributed by atoms with van der Waals surface area (Å²) < 4.78 is 21.0. The van der Waals surface area contributed by atoms with Crippen molar-refractivity contribution in [3.63, 3.8) is 0 Å². The Morgan fingerprint density at radius 2 is 1.74 bits per heavy atom. The molecule has 0 unspecified atom stereocenters.